The molecule has 1 aromatic carbocycles. The van der Waals surface area contributed by atoms with Crippen LogP contribution in [0.3, 0.4) is 0 Å². The molecule has 0 spiro atoms. The van der Waals surface area contributed by atoms with Gasteiger partial charge in [-0.2, -0.15) is 0 Å². The molecular formula is C12H15NO4. The van der Waals surface area contributed by atoms with Gasteiger partial charge in [-0.15, -0.1) is 0 Å². The van der Waals surface area contributed by atoms with E-state index in [0.717, 1.165) is 0 Å². The van der Waals surface area contributed by atoms with Crippen molar-refractivity contribution < 1.29 is 19.7 Å². The van der Waals surface area contributed by atoms with Gasteiger partial charge in [0.15, 0.2) is 0 Å². The molecule has 0 radical (unpaired) electrons. The molecule has 2 rings (SSSR count). The number of benzene rings is 1. The summed E-state index contributed by atoms with van der Waals surface area (Å²) in [4.78, 5) is 13.2. The van der Waals surface area contributed by atoms with Crippen molar-refractivity contribution in [3.05, 3.63) is 24.3 Å². The number of carbonyl (C=O) groups excluding carboxylic acids is 1. The van der Waals surface area contributed by atoms with Gasteiger partial charge in [-0.25, -0.2) is 4.79 Å². The van der Waals surface area contributed by atoms with Crippen molar-refractivity contribution in [3.8, 4) is 5.75 Å². The zero-order valence-corrected chi connectivity index (χ0v) is 9.59. The summed E-state index contributed by atoms with van der Waals surface area (Å²) in [6.07, 6.45) is -0.0273. The lowest BCUT2D eigenvalue weighted by Crippen LogP contribution is -2.45. The first-order chi connectivity index (χ1) is 8.07. The molecule has 0 saturated carbocycles. The fourth-order valence-corrected chi connectivity index (χ4v) is 2.04. The van der Waals surface area contributed by atoms with E-state index in [1.165, 1.54) is 17.0 Å². The van der Waals surface area contributed by atoms with Gasteiger partial charge in [0.2, 0.25) is 0 Å². The number of phenolic OH excluding ortho intramolecular Hbond substituents is 1. The number of aliphatic hydroxyl groups is 1. The van der Waals surface area contributed by atoms with Crippen LogP contribution in [0, 0.1) is 0 Å². The molecule has 1 heterocycles. The highest BCUT2D eigenvalue weighted by Gasteiger charge is 2.44. The molecule has 2 N–H and O–H groups in total. The molecule has 1 aromatic rings. The van der Waals surface area contributed by atoms with E-state index in [2.05, 4.69) is 0 Å². The Morgan fingerprint density at radius 2 is 2.29 bits per heavy atom. The van der Waals surface area contributed by atoms with E-state index in [0.29, 0.717) is 12.1 Å². The molecule has 1 atom stereocenters. The maximum absolute atomic E-state index is 11.7. The van der Waals surface area contributed by atoms with E-state index in [-0.39, 0.29) is 19.0 Å². The van der Waals surface area contributed by atoms with Crippen molar-refractivity contribution in [1.29, 1.82) is 0 Å². The van der Waals surface area contributed by atoms with Crippen molar-refractivity contribution in [3.63, 3.8) is 0 Å². The molecule has 0 aromatic heterocycles. The lowest BCUT2D eigenvalue weighted by Gasteiger charge is -2.31. The Morgan fingerprint density at radius 1 is 1.53 bits per heavy atom. The predicted molar refractivity (Wildman–Crippen MR) is 62.0 cm³/mol. The minimum absolute atomic E-state index is 0.0253. The van der Waals surface area contributed by atoms with Crippen LogP contribution in [-0.4, -0.2) is 35.1 Å². The lowest BCUT2D eigenvalue weighted by molar-refractivity contribution is 0.167. The maximum atomic E-state index is 11.7. The average Bonchev–Trinajstić information content (AvgIpc) is 2.55. The number of nitrogens with zero attached hydrogens (tertiary/aromatic N) is 1. The Bertz CT molecular complexity index is 434. The summed E-state index contributed by atoms with van der Waals surface area (Å²) < 4.78 is 5.02. The fourth-order valence-electron chi connectivity index (χ4n) is 2.04. The third kappa shape index (κ3) is 2.06. The number of rotatable bonds is 3. The van der Waals surface area contributed by atoms with Crippen molar-refractivity contribution in [2.45, 2.75) is 18.9 Å². The Balaban J connectivity index is 2.37. The largest absolute Gasteiger partial charge is 0.508 e. The molecule has 1 amide bonds. The second-order valence-corrected chi connectivity index (χ2v) is 4.38. The molecule has 5 nitrogen and oxygen atoms in total. The molecule has 17 heavy (non-hydrogen) atoms. The summed E-state index contributed by atoms with van der Waals surface area (Å²) in [6, 6.07) is 6.42. The Morgan fingerprint density at radius 3 is 2.94 bits per heavy atom. The van der Waals surface area contributed by atoms with Crippen molar-refractivity contribution in [2.75, 3.05) is 18.1 Å². The van der Waals surface area contributed by atoms with E-state index in [4.69, 9.17) is 9.84 Å². The van der Waals surface area contributed by atoms with Gasteiger partial charge in [0, 0.05) is 12.7 Å². The minimum Gasteiger partial charge on any atom is -0.508 e. The van der Waals surface area contributed by atoms with Gasteiger partial charge >= 0.3 is 6.09 Å². The number of hydrogen-bond donors (Lipinski definition) is 2. The van der Waals surface area contributed by atoms with Crippen LogP contribution in [-0.2, 0) is 4.74 Å². The number of anilines is 1. The van der Waals surface area contributed by atoms with Crippen molar-refractivity contribution in [1.82, 2.24) is 0 Å². The number of aromatic hydroxyl groups is 1. The second-order valence-electron chi connectivity index (χ2n) is 4.38. The van der Waals surface area contributed by atoms with Gasteiger partial charge in [-0.1, -0.05) is 6.07 Å². The summed E-state index contributed by atoms with van der Waals surface area (Å²) in [6.45, 7) is 2.06. The van der Waals surface area contributed by atoms with E-state index in [1.807, 2.05) is 6.92 Å². The van der Waals surface area contributed by atoms with Crippen LogP contribution in [0.2, 0.25) is 0 Å². The van der Waals surface area contributed by atoms with E-state index < -0.39 is 11.6 Å². The second kappa shape index (κ2) is 4.25. The van der Waals surface area contributed by atoms with Gasteiger partial charge in [-0.3, -0.25) is 4.90 Å². The molecule has 1 aliphatic rings. The highest BCUT2D eigenvalue weighted by atomic mass is 16.6. The van der Waals surface area contributed by atoms with Crippen LogP contribution < -0.4 is 4.90 Å². The summed E-state index contributed by atoms with van der Waals surface area (Å²) in [5, 5.41) is 18.5. The van der Waals surface area contributed by atoms with E-state index >= 15 is 0 Å². The smallest absolute Gasteiger partial charge is 0.415 e. The number of aliphatic hydroxyl groups excluding tert-OH is 1. The van der Waals surface area contributed by atoms with E-state index in [9.17, 15) is 9.90 Å². The summed E-state index contributed by atoms with van der Waals surface area (Å²) in [7, 11) is 0. The van der Waals surface area contributed by atoms with Crippen molar-refractivity contribution >= 4 is 11.8 Å². The van der Waals surface area contributed by atoms with Crippen LogP contribution in [0.25, 0.3) is 0 Å². The highest BCUT2D eigenvalue weighted by Crippen LogP contribution is 2.34. The molecule has 92 valence electrons. The maximum Gasteiger partial charge on any atom is 0.415 e. The molecule has 5 heteroatoms. The van der Waals surface area contributed by atoms with Gasteiger partial charge in [-0.05, 0) is 25.5 Å². The monoisotopic (exact) mass is 237 g/mol. The molecule has 0 bridgehead atoms. The fraction of sp³-hybridized carbons (Fsp3) is 0.417. The average molecular weight is 237 g/mol. The Kier molecular flexibility index (Phi) is 2.93. The SMILES string of the molecule is CC1(CCO)COC(=O)N1c1cccc(O)c1. The number of ether oxygens (including phenoxy) is 1. The standard InChI is InChI=1S/C12H15NO4/c1-12(5-6-14)8-17-11(16)13(12)9-3-2-4-10(15)7-9/h2-4,7,14-15H,5-6,8H2,1H3. The van der Waals surface area contributed by atoms with Gasteiger partial charge < -0.3 is 14.9 Å². The Hall–Kier alpha value is -1.75. The number of phenols is 1. The van der Waals surface area contributed by atoms with Crippen LogP contribution >= 0.6 is 0 Å². The van der Waals surface area contributed by atoms with Crippen molar-refractivity contribution in [2.24, 2.45) is 0 Å². The topological polar surface area (TPSA) is 70.0 Å². The predicted octanol–water partition coefficient (Wildman–Crippen LogP) is 1.49. The Labute approximate surface area is 99.2 Å². The van der Waals surface area contributed by atoms with Gasteiger partial charge in [0.1, 0.15) is 12.4 Å². The van der Waals surface area contributed by atoms with Crippen LogP contribution in [0.5, 0.6) is 5.75 Å². The number of carbonyl (C=O) groups is 1. The summed E-state index contributed by atoms with van der Waals surface area (Å²) in [5.74, 6) is 0.0912. The first-order valence-electron chi connectivity index (χ1n) is 5.44. The minimum atomic E-state index is -0.570. The van der Waals surface area contributed by atoms with Crippen LogP contribution in [0.1, 0.15) is 13.3 Å². The number of hydrogen-bond acceptors (Lipinski definition) is 4. The van der Waals surface area contributed by atoms with Crippen LogP contribution in [0.4, 0.5) is 10.5 Å². The summed E-state index contributed by atoms with van der Waals surface area (Å²) in [5.41, 5.74) is 0.00282. The third-order valence-electron chi connectivity index (χ3n) is 2.97. The zero-order chi connectivity index (χ0) is 12.5. The number of cyclic esters (lactones) is 1. The van der Waals surface area contributed by atoms with E-state index in [1.54, 1.807) is 12.1 Å². The lowest BCUT2D eigenvalue weighted by atomic mass is 9.97. The van der Waals surface area contributed by atoms with Gasteiger partial charge in [0.05, 0.1) is 11.2 Å². The molecule has 1 fully saturated rings. The molecule has 1 saturated heterocycles. The van der Waals surface area contributed by atoms with Crippen LogP contribution in [0.15, 0.2) is 24.3 Å². The summed E-state index contributed by atoms with van der Waals surface area (Å²) >= 11 is 0. The molecule has 0 aliphatic carbocycles. The number of amides is 1. The molecule has 1 unspecified atom stereocenters. The van der Waals surface area contributed by atoms with Gasteiger partial charge in [0.25, 0.3) is 0 Å². The quantitative estimate of drug-likeness (QED) is 0.835. The molecule has 1 aliphatic heterocycles. The normalized spacial score (nSPS) is 23.9. The first kappa shape index (κ1) is 11.7. The third-order valence-corrected chi connectivity index (χ3v) is 2.97. The first-order valence-corrected chi connectivity index (χ1v) is 5.44. The zero-order valence-electron chi connectivity index (χ0n) is 9.59. The molecular weight excluding hydrogens is 222 g/mol. The highest BCUT2D eigenvalue weighted by molar-refractivity contribution is 5.91.